The molecule has 0 fully saturated rings. The first-order valence-electron chi connectivity index (χ1n) is 4.60. The zero-order valence-electron chi connectivity index (χ0n) is 7.42. The minimum absolute atomic E-state index is 1.02. The van der Waals surface area contributed by atoms with E-state index < -0.39 is 0 Å². The minimum Gasteiger partial charge on any atom is -0.366 e. The number of rotatable bonds is 0. The molecule has 0 unspecified atom stereocenters. The van der Waals surface area contributed by atoms with Crippen LogP contribution in [0, 0.1) is 0 Å². The Morgan fingerprint density at radius 3 is 2.73 bits per heavy atom. The van der Waals surface area contributed by atoms with Crippen LogP contribution in [0.5, 0.6) is 0 Å². The van der Waals surface area contributed by atoms with Crippen LogP contribution in [-0.2, 0) is 0 Å². The SMILES string of the molecule is CN1C=NCCCCCCC1. The number of hydrogen-bond donors (Lipinski definition) is 0. The molecule has 0 aliphatic carbocycles. The summed E-state index contributed by atoms with van der Waals surface area (Å²) in [4.78, 5) is 6.50. The second-order valence-electron chi connectivity index (χ2n) is 3.27. The maximum absolute atomic E-state index is 4.31. The van der Waals surface area contributed by atoms with E-state index in [9.17, 15) is 0 Å². The van der Waals surface area contributed by atoms with Crippen LogP contribution >= 0.6 is 0 Å². The van der Waals surface area contributed by atoms with Gasteiger partial charge in [0.15, 0.2) is 0 Å². The Morgan fingerprint density at radius 2 is 1.82 bits per heavy atom. The molecule has 2 nitrogen and oxygen atoms in total. The van der Waals surface area contributed by atoms with Gasteiger partial charge in [-0.25, -0.2) is 0 Å². The molecule has 0 N–H and O–H groups in total. The summed E-state index contributed by atoms with van der Waals surface area (Å²) in [5.74, 6) is 0. The lowest BCUT2D eigenvalue weighted by Gasteiger charge is -2.13. The van der Waals surface area contributed by atoms with Crippen LogP contribution in [0.3, 0.4) is 0 Å². The summed E-state index contributed by atoms with van der Waals surface area (Å²) >= 11 is 0. The predicted octanol–water partition coefficient (Wildman–Crippen LogP) is 1.91. The van der Waals surface area contributed by atoms with Crippen molar-refractivity contribution in [1.82, 2.24) is 4.90 Å². The fourth-order valence-electron chi connectivity index (χ4n) is 1.35. The predicted molar refractivity (Wildman–Crippen MR) is 49.1 cm³/mol. The Bertz CT molecular complexity index is 121. The number of aliphatic imine (C=N–C) groups is 1. The summed E-state index contributed by atoms with van der Waals surface area (Å²) in [6.07, 6.45) is 8.71. The molecule has 2 heteroatoms. The summed E-state index contributed by atoms with van der Waals surface area (Å²) in [6.45, 7) is 2.19. The largest absolute Gasteiger partial charge is 0.366 e. The van der Waals surface area contributed by atoms with Gasteiger partial charge in [-0.3, -0.25) is 4.99 Å². The summed E-state index contributed by atoms with van der Waals surface area (Å²) in [7, 11) is 2.10. The highest BCUT2D eigenvalue weighted by atomic mass is 15.1. The Kier molecular flexibility index (Phi) is 4.02. The van der Waals surface area contributed by atoms with Crippen molar-refractivity contribution in [1.29, 1.82) is 0 Å². The molecule has 0 bridgehead atoms. The molecule has 64 valence electrons. The van der Waals surface area contributed by atoms with Crippen molar-refractivity contribution in [3.63, 3.8) is 0 Å². The van der Waals surface area contributed by atoms with Gasteiger partial charge in [0.1, 0.15) is 0 Å². The third-order valence-electron chi connectivity index (χ3n) is 2.08. The lowest BCUT2D eigenvalue weighted by Crippen LogP contribution is -2.18. The molecule has 0 amide bonds. The van der Waals surface area contributed by atoms with Gasteiger partial charge in [-0.2, -0.15) is 0 Å². The van der Waals surface area contributed by atoms with Gasteiger partial charge in [-0.1, -0.05) is 19.3 Å². The van der Waals surface area contributed by atoms with E-state index in [1.165, 1.54) is 38.6 Å². The molecule has 0 atom stereocenters. The first kappa shape index (κ1) is 8.57. The van der Waals surface area contributed by atoms with Gasteiger partial charge < -0.3 is 4.90 Å². The molecule has 0 radical (unpaired) electrons. The summed E-state index contributed by atoms with van der Waals surface area (Å²) in [5, 5.41) is 0. The van der Waals surface area contributed by atoms with Crippen molar-refractivity contribution in [2.24, 2.45) is 4.99 Å². The molecule has 11 heavy (non-hydrogen) atoms. The fraction of sp³-hybridized carbons (Fsp3) is 0.889. The fourth-order valence-corrected chi connectivity index (χ4v) is 1.35. The van der Waals surface area contributed by atoms with E-state index in [1.807, 2.05) is 6.34 Å². The Morgan fingerprint density at radius 1 is 1.09 bits per heavy atom. The van der Waals surface area contributed by atoms with Gasteiger partial charge in [0.2, 0.25) is 0 Å². The molecule has 1 rings (SSSR count). The maximum atomic E-state index is 4.31. The van der Waals surface area contributed by atoms with Crippen LogP contribution in [-0.4, -0.2) is 31.4 Å². The van der Waals surface area contributed by atoms with E-state index >= 15 is 0 Å². The normalized spacial score (nSPS) is 21.7. The topological polar surface area (TPSA) is 15.6 Å². The smallest absolute Gasteiger partial charge is 0.0847 e. The molecule has 0 aromatic rings. The lowest BCUT2D eigenvalue weighted by molar-refractivity contribution is 0.469. The van der Waals surface area contributed by atoms with E-state index in [1.54, 1.807) is 0 Å². The molecule has 0 aromatic carbocycles. The highest BCUT2D eigenvalue weighted by molar-refractivity contribution is 5.54. The maximum Gasteiger partial charge on any atom is 0.0847 e. The molecule has 1 aliphatic heterocycles. The molecule has 1 heterocycles. The van der Waals surface area contributed by atoms with Crippen molar-refractivity contribution < 1.29 is 0 Å². The highest BCUT2D eigenvalue weighted by Gasteiger charge is 1.95. The lowest BCUT2D eigenvalue weighted by atomic mass is 10.1. The highest BCUT2D eigenvalue weighted by Crippen LogP contribution is 2.04. The third-order valence-corrected chi connectivity index (χ3v) is 2.08. The monoisotopic (exact) mass is 154 g/mol. The average molecular weight is 154 g/mol. The van der Waals surface area contributed by atoms with Gasteiger partial charge in [0.25, 0.3) is 0 Å². The summed E-state index contributed by atoms with van der Waals surface area (Å²) in [5.41, 5.74) is 0. The number of hydrogen-bond acceptors (Lipinski definition) is 2. The third kappa shape index (κ3) is 4.02. The molecule has 0 aromatic heterocycles. The van der Waals surface area contributed by atoms with Crippen molar-refractivity contribution in [2.75, 3.05) is 20.1 Å². The van der Waals surface area contributed by atoms with Crippen LogP contribution in [0.2, 0.25) is 0 Å². The summed E-state index contributed by atoms with van der Waals surface area (Å²) in [6, 6.07) is 0. The van der Waals surface area contributed by atoms with Crippen molar-refractivity contribution in [3.05, 3.63) is 0 Å². The first-order valence-corrected chi connectivity index (χ1v) is 4.60. The van der Waals surface area contributed by atoms with Crippen molar-refractivity contribution in [3.8, 4) is 0 Å². The zero-order valence-corrected chi connectivity index (χ0v) is 7.42. The van der Waals surface area contributed by atoms with E-state index in [4.69, 9.17) is 0 Å². The van der Waals surface area contributed by atoms with E-state index in [2.05, 4.69) is 16.9 Å². The van der Waals surface area contributed by atoms with Gasteiger partial charge in [-0.05, 0) is 12.8 Å². The Labute approximate surface area is 69.3 Å². The quantitative estimate of drug-likeness (QED) is 0.520. The van der Waals surface area contributed by atoms with Crippen LogP contribution in [0.1, 0.15) is 32.1 Å². The van der Waals surface area contributed by atoms with Crippen LogP contribution in [0.15, 0.2) is 4.99 Å². The molecule has 0 spiro atoms. The second-order valence-corrected chi connectivity index (χ2v) is 3.27. The standard InChI is InChI=1S/C9H18N2/c1-11-8-6-4-2-3-5-7-10-9-11/h9H,2-8H2,1H3. The second kappa shape index (κ2) is 5.16. The molecular weight excluding hydrogens is 136 g/mol. The van der Waals surface area contributed by atoms with Gasteiger partial charge in [-0.15, -0.1) is 0 Å². The van der Waals surface area contributed by atoms with Crippen LogP contribution < -0.4 is 0 Å². The first-order chi connectivity index (χ1) is 5.39. The minimum atomic E-state index is 1.02. The van der Waals surface area contributed by atoms with Gasteiger partial charge >= 0.3 is 0 Å². The van der Waals surface area contributed by atoms with E-state index in [0.29, 0.717) is 0 Å². The van der Waals surface area contributed by atoms with Gasteiger partial charge in [0, 0.05) is 20.1 Å². The van der Waals surface area contributed by atoms with Crippen molar-refractivity contribution in [2.45, 2.75) is 32.1 Å². The molecule has 0 saturated carbocycles. The Balaban J connectivity index is 2.26. The van der Waals surface area contributed by atoms with E-state index in [0.717, 1.165) is 6.54 Å². The van der Waals surface area contributed by atoms with Crippen LogP contribution in [0.4, 0.5) is 0 Å². The Hall–Kier alpha value is -0.530. The average Bonchev–Trinajstić information content (AvgIpc) is 2.03. The number of nitrogens with zero attached hydrogens (tertiary/aromatic N) is 2. The molecular formula is C9H18N2. The molecule has 0 saturated heterocycles. The van der Waals surface area contributed by atoms with E-state index in [-0.39, 0.29) is 0 Å². The van der Waals surface area contributed by atoms with Gasteiger partial charge in [0.05, 0.1) is 6.34 Å². The summed E-state index contributed by atoms with van der Waals surface area (Å²) < 4.78 is 0. The van der Waals surface area contributed by atoms with Crippen molar-refractivity contribution >= 4 is 6.34 Å². The zero-order chi connectivity index (χ0) is 7.94. The van der Waals surface area contributed by atoms with Crippen LogP contribution in [0.25, 0.3) is 0 Å². The molecule has 1 aliphatic rings.